The molecular weight excluding hydrogens is 344 g/mol. The summed E-state index contributed by atoms with van der Waals surface area (Å²) in [5, 5.41) is 2.82. The summed E-state index contributed by atoms with van der Waals surface area (Å²) < 4.78 is 5.19. The van der Waals surface area contributed by atoms with Crippen LogP contribution in [-0.4, -0.2) is 41.9 Å². The smallest absolute Gasteiger partial charge is 0.311 e. The number of nitrogens with one attached hydrogen (secondary N) is 1. The average molecular weight is 372 g/mol. The number of aryl methyl sites for hydroxylation is 3. The number of likely N-dealkylation sites (tertiary alicyclic amines) is 1. The van der Waals surface area contributed by atoms with Crippen molar-refractivity contribution in [3.63, 3.8) is 0 Å². The number of hydrogen-bond donors (Lipinski definition) is 1. The van der Waals surface area contributed by atoms with E-state index in [0.717, 1.165) is 48.1 Å². The monoisotopic (exact) mass is 372 g/mol. The molecule has 146 valence electrons. The normalized spacial score (nSPS) is 20.2. The highest BCUT2D eigenvalue weighted by Crippen LogP contribution is 2.30. The quantitative estimate of drug-likeness (QED) is 0.807. The Hall–Kier alpha value is -2.37. The summed E-state index contributed by atoms with van der Waals surface area (Å²) in [6.45, 7) is 5.96. The molecule has 0 unspecified atom stereocenters. The van der Waals surface area contributed by atoms with Crippen LogP contribution < -0.4 is 5.32 Å². The molecule has 2 aliphatic rings. The maximum Gasteiger partial charge on any atom is 0.311 e. The zero-order chi connectivity index (χ0) is 19.6. The summed E-state index contributed by atoms with van der Waals surface area (Å²) in [7, 11) is 0. The molecule has 1 aromatic rings. The molecule has 2 amide bonds. The lowest BCUT2D eigenvalue weighted by atomic mass is 10.1. The highest BCUT2D eigenvalue weighted by atomic mass is 16.5. The van der Waals surface area contributed by atoms with E-state index in [1.165, 1.54) is 0 Å². The molecule has 0 bridgehead atoms. The van der Waals surface area contributed by atoms with Crippen molar-refractivity contribution in [2.24, 2.45) is 5.92 Å². The summed E-state index contributed by atoms with van der Waals surface area (Å²) in [5.41, 5.74) is 3.83. The lowest BCUT2D eigenvalue weighted by Gasteiger charge is -2.23. The third-order valence-corrected chi connectivity index (χ3v) is 5.54. The van der Waals surface area contributed by atoms with Crippen molar-refractivity contribution in [2.75, 3.05) is 18.5 Å². The molecule has 0 spiro atoms. The van der Waals surface area contributed by atoms with E-state index in [-0.39, 0.29) is 30.9 Å². The van der Waals surface area contributed by atoms with E-state index >= 15 is 0 Å². The second-order valence-electron chi connectivity index (χ2n) is 7.82. The van der Waals surface area contributed by atoms with Gasteiger partial charge < -0.3 is 15.0 Å². The van der Waals surface area contributed by atoms with Crippen molar-refractivity contribution in [1.29, 1.82) is 0 Å². The zero-order valence-electron chi connectivity index (χ0n) is 16.3. The molecule has 2 fully saturated rings. The van der Waals surface area contributed by atoms with E-state index in [9.17, 15) is 14.4 Å². The SMILES string of the molecule is Cc1cc(C)c(NC(=O)COC(=O)[C@H]2CC(=O)N(C3CCCC3)C2)c(C)c1. The number of ether oxygens (including phenoxy) is 1. The van der Waals surface area contributed by atoms with Gasteiger partial charge in [0.15, 0.2) is 6.61 Å². The number of anilines is 1. The number of nitrogens with zero attached hydrogens (tertiary/aromatic N) is 1. The fourth-order valence-corrected chi connectivity index (χ4v) is 4.27. The van der Waals surface area contributed by atoms with Crippen LogP contribution in [0.4, 0.5) is 5.69 Å². The Labute approximate surface area is 160 Å². The van der Waals surface area contributed by atoms with Crippen LogP contribution in [0.25, 0.3) is 0 Å². The maximum atomic E-state index is 12.3. The first-order valence-electron chi connectivity index (χ1n) is 9.69. The van der Waals surface area contributed by atoms with Gasteiger partial charge in [-0.05, 0) is 44.7 Å². The van der Waals surface area contributed by atoms with Crippen molar-refractivity contribution in [3.8, 4) is 0 Å². The Morgan fingerprint density at radius 3 is 2.41 bits per heavy atom. The summed E-state index contributed by atoms with van der Waals surface area (Å²) in [4.78, 5) is 38.5. The largest absolute Gasteiger partial charge is 0.455 e. The molecule has 0 radical (unpaired) electrons. The minimum absolute atomic E-state index is 0.0270. The van der Waals surface area contributed by atoms with Crippen LogP contribution in [0.1, 0.15) is 48.8 Å². The molecule has 1 saturated heterocycles. The predicted octanol–water partition coefficient (Wildman–Crippen LogP) is 2.88. The molecule has 1 aliphatic heterocycles. The van der Waals surface area contributed by atoms with Gasteiger partial charge in [0.05, 0.1) is 5.92 Å². The number of benzene rings is 1. The number of carbonyl (C=O) groups is 3. The number of rotatable bonds is 5. The number of amides is 2. The fraction of sp³-hybridized carbons (Fsp3) is 0.571. The Kier molecular flexibility index (Phi) is 5.82. The zero-order valence-corrected chi connectivity index (χ0v) is 16.3. The van der Waals surface area contributed by atoms with Crippen molar-refractivity contribution >= 4 is 23.5 Å². The Morgan fingerprint density at radius 1 is 1.15 bits per heavy atom. The fourth-order valence-electron chi connectivity index (χ4n) is 4.27. The lowest BCUT2D eigenvalue weighted by molar-refractivity contribution is -0.151. The van der Waals surface area contributed by atoms with Gasteiger partial charge in [0.25, 0.3) is 5.91 Å². The van der Waals surface area contributed by atoms with Crippen LogP contribution >= 0.6 is 0 Å². The molecular formula is C21H28N2O4. The van der Waals surface area contributed by atoms with E-state index in [2.05, 4.69) is 5.32 Å². The summed E-state index contributed by atoms with van der Waals surface area (Å²) in [6.07, 6.45) is 4.51. The van der Waals surface area contributed by atoms with Crippen LogP contribution in [-0.2, 0) is 19.1 Å². The molecule has 27 heavy (non-hydrogen) atoms. The average Bonchev–Trinajstić information content (AvgIpc) is 3.25. The maximum absolute atomic E-state index is 12.3. The van der Waals surface area contributed by atoms with E-state index in [1.807, 2.05) is 37.8 Å². The van der Waals surface area contributed by atoms with Gasteiger partial charge in [0, 0.05) is 24.7 Å². The molecule has 0 aromatic heterocycles. The molecule has 1 aromatic carbocycles. The lowest BCUT2D eigenvalue weighted by Crippen LogP contribution is -2.35. The van der Waals surface area contributed by atoms with Crippen LogP contribution in [0.2, 0.25) is 0 Å². The number of carbonyl (C=O) groups excluding carboxylic acids is 3. The predicted molar refractivity (Wildman–Crippen MR) is 102 cm³/mol. The molecule has 1 N–H and O–H groups in total. The van der Waals surface area contributed by atoms with Crippen molar-refractivity contribution in [1.82, 2.24) is 4.90 Å². The first kappa shape index (κ1) is 19.4. The first-order valence-corrected chi connectivity index (χ1v) is 9.69. The van der Waals surface area contributed by atoms with Crippen molar-refractivity contribution in [2.45, 2.75) is 58.9 Å². The van der Waals surface area contributed by atoms with E-state index < -0.39 is 11.9 Å². The van der Waals surface area contributed by atoms with Crippen LogP contribution in [0.3, 0.4) is 0 Å². The third kappa shape index (κ3) is 4.49. The second-order valence-corrected chi connectivity index (χ2v) is 7.82. The van der Waals surface area contributed by atoms with Crippen LogP contribution in [0.5, 0.6) is 0 Å². The van der Waals surface area contributed by atoms with Gasteiger partial charge in [-0.25, -0.2) is 0 Å². The van der Waals surface area contributed by atoms with Gasteiger partial charge in [-0.1, -0.05) is 30.5 Å². The molecule has 3 rings (SSSR count). The molecule has 1 saturated carbocycles. The first-order chi connectivity index (χ1) is 12.8. The van der Waals surface area contributed by atoms with Crippen molar-refractivity contribution in [3.05, 3.63) is 28.8 Å². The van der Waals surface area contributed by atoms with E-state index in [0.29, 0.717) is 6.54 Å². The van der Waals surface area contributed by atoms with Gasteiger partial charge in [-0.3, -0.25) is 14.4 Å². The van der Waals surface area contributed by atoms with Crippen molar-refractivity contribution < 1.29 is 19.1 Å². The summed E-state index contributed by atoms with van der Waals surface area (Å²) in [6, 6.07) is 4.26. The van der Waals surface area contributed by atoms with E-state index in [1.54, 1.807) is 0 Å². The molecule has 1 atom stereocenters. The Bertz CT molecular complexity index is 730. The Balaban J connectivity index is 1.50. The van der Waals surface area contributed by atoms with E-state index in [4.69, 9.17) is 4.74 Å². The number of esters is 1. The van der Waals surface area contributed by atoms with Crippen LogP contribution in [0.15, 0.2) is 12.1 Å². The van der Waals surface area contributed by atoms with Gasteiger partial charge in [0.1, 0.15) is 0 Å². The Morgan fingerprint density at radius 2 is 1.78 bits per heavy atom. The highest BCUT2D eigenvalue weighted by Gasteiger charge is 2.39. The molecule has 1 aliphatic carbocycles. The summed E-state index contributed by atoms with van der Waals surface area (Å²) in [5.74, 6) is -1.26. The van der Waals surface area contributed by atoms with Gasteiger partial charge in [0.2, 0.25) is 5.91 Å². The standard InChI is InChI=1S/C21H28N2O4/c1-13-8-14(2)20(15(3)9-13)22-18(24)12-27-21(26)16-10-19(25)23(11-16)17-6-4-5-7-17/h8-9,16-17H,4-7,10-12H2,1-3H3,(H,22,24)/t16-/m0/s1. The second kappa shape index (κ2) is 8.11. The number of hydrogen-bond acceptors (Lipinski definition) is 4. The summed E-state index contributed by atoms with van der Waals surface area (Å²) >= 11 is 0. The third-order valence-electron chi connectivity index (χ3n) is 5.54. The highest BCUT2D eigenvalue weighted by molar-refractivity contribution is 5.95. The molecule has 6 nitrogen and oxygen atoms in total. The topological polar surface area (TPSA) is 75.7 Å². The van der Waals surface area contributed by atoms with Crippen LogP contribution in [0, 0.1) is 26.7 Å². The molecule has 6 heteroatoms. The van der Waals surface area contributed by atoms with Gasteiger partial charge in [-0.15, -0.1) is 0 Å². The van der Waals surface area contributed by atoms with Gasteiger partial charge >= 0.3 is 5.97 Å². The van der Waals surface area contributed by atoms with Gasteiger partial charge in [-0.2, -0.15) is 0 Å². The molecule has 1 heterocycles. The minimum atomic E-state index is -0.464. The minimum Gasteiger partial charge on any atom is -0.455 e.